The van der Waals surface area contributed by atoms with Crippen LogP contribution in [0.4, 0.5) is 26.3 Å². The van der Waals surface area contributed by atoms with E-state index in [2.05, 4.69) is 4.18 Å². The Balaban J connectivity index is 0. The minimum atomic E-state index is -5.98. The maximum absolute atomic E-state index is 12.7. The van der Waals surface area contributed by atoms with Crippen LogP contribution in [0.5, 0.6) is 0 Å². The quantitative estimate of drug-likeness (QED) is 0.327. The normalized spacial score (nSPS) is 15.1. The van der Waals surface area contributed by atoms with Crippen molar-refractivity contribution >= 4 is 20.0 Å². The SMILES string of the molecule is CCCCOS(=O)(=O)C(F)(F)C(F)C(F)(F)F.P. The molecule has 0 saturated carbocycles. The molecular formula is C7H13F6O3PS. The molecule has 0 rings (SSSR count). The Bertz CT molecular complexity index is 342. The Morgan fingerprint density at radius 3 is 1.94 bits per heavy atom. The van der Waals surface area contributed by atoms with E-state index in [1.54, 1.807) is 6.92 Å². The summed E-state index contributed by atoms with van der Waals surface area (Å²) in [6.45, 7) is 0.848. The Morgan fingerprint density at radius 2 is 1.61 bits per heavy atom. The van der Waals surface area contributed by atoms with E-state index in [0.717, 1.165) is 0 Å². The first-order valence-electron chi connectivity index (χ1n) is 4.44. The molecule has 0 amide bonds. The number of hydrogen-bond acceptors (Lipinski definition) is 3. The highest BCUT2D eigenvalue weighted by atomic mass is 32.2. The van der Waals surface area contributed by atoms with E-state index in [4.69, 9.17) is 0 Å². The van der Waals surface area contributed by atoms with Gasteiger partial charge in [0.1, 0.15) is 0 Å². The van der Waals surface area contributed by atoms with Gasteiger partial charge in [0.2, 0.25) is 0 Å². The molecule has 3 nitrogen and oxygen atoms in total. The first kappa shape index (κ1) is 20.2. The van der Waals surface area contributed by atoms with Crippen LogP contribution in [-0.2, 0) is 14.3 Å². The van der Waals surface area contributed by atoms with E-state index in [1.807, 2.05) is 0 Å². The van der Waals surface area contributed by atoms with Gasteiger partial charge in [-0.1, -0.05) is 13.3 Å². The molecule has 0 bridgehead atoms. The summed E-state index contributed by atoms with van der Waals surface area (Å²) in [6, 6.07) is 0. The number of unbranched alkanes of at least 4 members (excludes halogenated alkanes) is 1. The molecule has 0 aromatic heterocycles. The Hall–Kier alpha value is -0.0800. The minimum absolute atomic E-state index is 0. The van der Waals surface area contributed by atoms with Gasteiger partial charge in [0.25, 0.3) is 6.17 Å². The Labute approximate surface area is 104 Å². The summed E-state index contributed by atoms with van der Waals surface area (Å²) < 4.78 is 97.9. The second-order valence-corrected chi connectivity index (χ2v) is 4.78. The molecule has 18 heavy (non-hydrogen) atoms. The molecule has 112 valence electrons. The minimum Gasteiger partial charge on any atom is -0.265 e. The summed E-state index contributed by atoms with van der Waals surface area (Å²) in [4.78, 5) is 0. The fourth-order valence-electron chi connectivity index (χ4n) is 0.709. The molecule has 11 heteroatoms. The van der Waals surface area contributed by atoms with Crippen LogP contribution in [0.25, 0.3) is 0 Å². The van der Waals surface area contributed by atoms with Gasteiger partial charge in [0, 0.05) is 0 Å². The lowest BCUT2D eigenvalue weighted by molar-refractivity contribution is -0.223. The van der Waals surface area contributed by atoms with Crippen molar-refractivity contribution in [1.29, 1.82) is 0 Å². The van der Waals surface area contributed by atoms with Crippen molar-refractivity contribution in [3.05, 3.63) is 0 Å². The lowest BCUT2D eigenvalue weighted by Gasteiger charge is -2.21. The molecular weight excluding hydrogens is 309 g/mol. The van der Waals surface area contributed by atoms with Gasteiger partial charge in [-0.05, 0) is 6.42 Å². The zero-order chi connectivity index (χ0) is 13.9. The highest BCUT2D eigenvalue weighted by Crippen LogP contribution is 2.39. The molecule has 0 aromatic carbocycles. The van der Waals surface area contributed by atoms with Crippen molar-refractivity contribution in [2.45, 2.75) is 37.4 Å². The van der Waals surface area contributed by atoms with Crippen LogP contribution in [-0.4, -0.2) is 32.6 Å². The summed E-state index contributed by atoms with van der Waals surface area (Å²) in [5.74, 6) is 0. The predicted octanol–water partition coefficient (Wildman–Crippen LogP) is 2.68. The van der Waals surface area contributed by atoms with E-state index in [9.17, 15) is 34.8 Å². The number of rotatable bonds is 6. The van der Waals surface area contributed by atoms with Gasteiger partial charge in [0.05, 0.1) is 6.61 Å². The number of alkyl halides is 6. The zero-order valence-corrected chi connectivity index (χ0v) is 11.5. The molecule has 0 aromatic rings. The van der Waals surface area contributed by atoms with Crippen LogP contribution < -0.4 is 0 Å². The van der Waals surface area contributed by atoms with Gasteiger partial charge >= 0.3 is 21.5 Å². The molecule has 0 spiro atoms. The van der Waals surface area contributed by atoms with Crippen molar-refractivity contribution in [3.63, 3.8) is 0 Å². The Kier molecular flexibility index (Phi) is 7.77. The average Bonchev–Trinajstić information content (AvgIpc) is 2.15. The topological polar surface area (TPSA) is 43.4 Å². The maximum atomic E-state index is 12.7. The zero-order valence-electron chi connectivity index (χ0n) is 9.31. The van der Waals surface area contributed by atoms with E-state index >= 15 is 0 Å². The molecule has 0 saturated heterocycles. The lowest BCUT2D eigenvalue weighted by atomic mass is 10.4. The van der Waals surface area contributed by atoms with Crippen molar-refractivity contribution < 1.29 is 38.9 Å². The summed E-state index contributed by atoms with van der Waals surface area (Å²) in [7, 11) is -5.94. The van der Waals surface area contributed by atoms with Crippen molar-refractivity contribution in [2.75, 3.05) is 6.61 Å². The highest BCUT2D eigenvalue weighted by molar-refractivity contribution is 7.87. The van der Waals surface area contributed by atoms with E-state index in [0.29, 0.717) is 6.42 Å². The van der Waals surface area contributed by atoms with E-state index in [-0.39, 0.29) is 16.3 Å². The molecule has 0 N–H and O–H groups in total. The fraction of sp³-hybridized carbons (Fsp3) is 1.00. The van der Waals surface area contributed by atoms with E-state index in [1.165, 1.54) is 0 Å². The first-order chi connectivity index (χ1) is 7.47. The van der Waals surface area contributed by atoms with Crippen molar-refractivity contribution in [1.82, 2.24) is 0 Å². The number of hydrogen-bond donors (Lipinski definition) is 0. The van der Waals surface area contributed by atoms with Crippen molar-refractivity contribution in [3.8, 4) is 0 Å². The van der Waals surface area contributed by atoms with Crippen LogP contribution in [0, 0.1) is 0 Å². The number of halogens is 6. The van der Waals surface area contributed by atoms with Crippen LogP contribution in [0.3, 0.4) is 0 Å². The molecule has 2 unspecified atom stereocenters. The predicted molar refractivity (Wildman–Crippen MR) is 56.8 cm³/mol. The smallest absolute Gasteiger partial charge is 0.265 e. The standard InChI is InChI=1S/C7H10F6O3S.H3P/c1-2-3-4-16-17(14,15)7(12,13)5(8)6(9,10)11;/h5H,2-4H2,1H3;1H3. The lowest BCUT2D eigenvalue weighted by Crippen LogP contribution is -2.47. The van der Waals surface area contributed by atoms with Gasteiger partial charge in [-0.2, -0.15) is 40.3 Å². The molecule has 0 aliphatic carbocycles. The maximum Gasteiger partial charge on any atom is 0.426 e. The van der Waals surface area contributed by atoms with Crippen LogP contribution >= 0.6 is 9.90 Å². The molecule has 0 fully saturated rings. The van der Waals surface area contributed by atoms with Gasteiger partial charge in [-0.25, -0.2) is 4.39 Å². The summed E-state index contributed by atoms with van der Waals surface area (Å²) in [5, 5.41) is -5.65. The van der Waals surface area contributed by atoms with Crippen LogP contribution in [0.15, 0.2) is 0 Å². The highest BCUT2D eigenvalue weighted by Gasteiger charge is 2.65. The van der Waals surface area contributed by atoms with Crippen molar-refractivity contribution in [2.24, 2.45) is 0 Å². The second kappa shape index (κ2) is 6.91. The monoisotopic (exact) mass is 322 g/mol. The molecule has 0 radical (unpaired) electrons. The van der Waals surface area contributed by atoms with Gasteiger partial charge in [-0.3, -0.25) is 4.18 Å². The second-order valence-electron chi connectivity index (χ2n) is 3.10. The van der Waals surface area contributed by atoms with Gasteiger partial charge in [-0.15, -0.1) is 0 Å². The molecule has 0 aliphatic rings. The largest absolute Gasteiger partial charge is 0.426 e. The first-order valence-corrected chi connectivity index (χ1v) is 5.85. The molecule has 0 aliphatic heterocycles. The Morgan fingerprint density at radius 1 is 1.17 bits per heavy atom. The third-order valence-electron chi connectivity index (χ3n) is 1.65. The third kappa shape index (κ3) is 4.89. The summed E-state index contributed by atoms with van der Waals surface area (Å²) >= 11 is 0. The summed E-state index contributed by atoms with van der Waals surface area (Å²) in [5.41, 5.74) is 0. The van der Waals surface area contributed by atoms with Crippen LogP contribution in [0.2, 0.25) is 0 Å². The van der Waals surface area contributed by atoms with Gasteiger partial charge in [0.15, 0.2) is 0 Å². The fourth-order valence-corrected chi connectivity index (χ4v) is 1.59. The average molecular weight is 322 g/mol. The van der Waals surface area contributed by atoms with Gasteiger partial charge < -0.3 is 0 Å². The molecule has 0 heterocycles. The van der Waals surface area contributed by atoms with E-state index < -0.39 is 34.3 Å². The van der Waals surface area contributed by atoms with Crippen LogP contribution in [0.1, 0.15) is 19.8 Å². The molecule has 2 atom stereocenters. The summed E-state index contributed by atoms with van der Waals surface area (Å²) in [6.07, 6.45) is -10.4. The third-order valence-corrected chi connectivity index (χ3v) is 3.00.